The lowest BCUT2D eigenvalue weighted by molar-refractivity contribution is 0.402. The fourth-order valence-electron chi connectivity index (χ4n) is 3.18. The molecule has 0 spiro atoms. The first kappa shape index (κ1) is 16.3. The molecule has 0 unspecified atom stereocenters. The minimum Gasteiger partial charge on any atom is -0.355 e. The summed E-state index contributed by atoms with van der Waals surface area (Å²) in [5.74, 6) is 1.24. The Kier molecular flexibility index (Phi) is 4.99. The maximum atomic E-state index is 9.34. The van der Waals surface area contributed by atoms with Gasteiger partial charge in [-0.3, -0.25) is 0 Å². The largest absolute Gasteiger partial charge is 0.355 e. The Morgan fingerprint density at radius 2 is 1.75 bits per heavy atom. The van der Waals surface area contributed by atoms with Crippen molar-refractivity contribution in [3.63, 3.8) is 0 Å². The number of hydrogen-bond donors (Lipinski definition) is 0. The van der Waals surface area contributed by atoms with Crippen LogP contribution in [0, 0.1) is 28.6 Å². The third-order valence-electron chi connectivity index (χ3n) is 4.48. The second-order valence-electron chi connectivity index (χ2n) is 6.04. The average molecular weight is 337 g/mol. The van der Waals surface area contributed by atoms with Crippen LogP contribution in [0.1, 0.15) is 29.5 Å². The van der Waals surface area contributed by atoms with E-state index in [-0.39, 0.29) is 10.7 Å². The van der Waals surface area contributed by atoms with Crippen LogP contribution in [0.3, 0.4) is 0 Å². The van der Waals surface area contributed by atoms with Crippen molar-refractivity contribution in [1.29, 1.82) is 10.5 Å². The number of halogens is 1. The van der Waals surface area contributed by atoms with Crippen molar-refractivity contribution in [1.82, 2.24) is 4.98 Å². The third-order valence-corrected chi connectivity index (χ3v) is 4.77. The van der Waals surface area contributed by atoms with Crippen LogP contribution in [0.25, 0.3) is 0 Å². The van der Waals surface area contributed by atoms with Crippen LogP contribution in [0.15, 0.2) is 36.4 Å². The molecule has 1 fully saturated rings. The molecule has 120 valence electrons. The van der Waals surface area contributed by atoms with Gasteiger partial charge in [-0.15, -0.1) is 0 Å². The molecule has 0 atom stereocenters. The average Bonchev–Trinajstić information content (AvgIpc) is 2.63. The summed E-state index contributed by atoms with van der Waals surface area (Å²) in [6.45, 7) is 1.70. The summed E-state index contributed by atoms with van der Waals surface area (Å²) in [6, 6.07) is 16.2. The van der Waals surface area contributed by atoms with Crippen LogP contribution in [0.5, 0.6) is 0 Å². The Balaban J connectivity index is 1.70. The number of pyridine rings is 1. The molecule has 0 bridgehead atoms. The zero-order chi connectivity index (χ0) is 16.9. The summed E-state index contributed by atoms with van der Waals surface area (Å²) < 4.78 is 0. The highest BCUT2D eigenvalue weighted by molar-refractivity contribution is 6.30. The third kappa shape index (κ3) is 3.50. The zero-order valence-corrected chi connectivity index (χ0v) is 14.0. The van der Waals surface area contributed by atoms with Crippen molar-refractivity contribution in [3.8, 4) is 12.1 Å². The van der Waals surface area contributed by atoms with Crippen LogP contribution in [-0.4, -0.2) is 18.1 Å². The smallest absolute Gasteiger partial charge is 0.149 e. The lowest BCUT2D eigenvalue weighted by Gasteiger charge is -2.33. The van der Waals surface area contributed by atoms with Gasteiger partial charge in [0.25, 0.3) is 0 Å². The van der Waals surface area contributed by atoms with Gasteiger partial charge in [-0.2, -0.15) is 10.5 Å². The molecular formula is C19H17ClN4. The van der Waals surface area contributed by atoms with Crippen molar-refractivity contribution < 1.29 is 0 Å². The summed E-state index contributed by atoms with van der Waals surface area (Å²) in [7, 11) is 0. The first-order chi connectivity index (χ1) is 11.7. The fraction of sp³-hybridized carbons (Fsp3) is 0.316. The molecule has 3 rings (SSSR count). The lowest BCUT2D eigenvalue weighted by Crippen LogP contribution is -2.35. The van der Waals surface area contributed by atoms with Crippen molar-refractivity contribution in [3.05, 3.63) is 58.2 Å². The molecule has 0 N–H and O–H groups in total. The van der Waals surface area contributed by atoms with Crippen molar-refractivity contribution >= 4 is 17.4 Å². The van der Waals surface area contributed by atoms with Crippen LogP contribution in [0.2, 0.25) is 5.15 Å². The van der Waals surface area contributed by atoms with E-state index in [4.69, 9.17) is 16.9 Å². The summed E-state index contributed by atoms with van der Waals surface area (Å²) in [5.41, 5.74) is 2.03. The van der Waals surface area contributed by atoms with Gasteiger partial charge in [-0.05, 0) is 36.8 Å². The molecule has 1 saturated heterocycles. The predicted octanol–water partition coefficient (Wildman–Crippen LogP) is 3.94. The van der Waals surface area contributed by atoms with E-state index in [1.807, 2.05) is 12.1 Å². The molecule has 1 aromatic carbocycles. The van der Waals surface area contributed by atoms with E-state index in [1.54, 1.807) is 0 Å². The quantitative estimate of drug-likeness (QED) is 0.796. The minimum absolute atomic E-state index is 0.165. The summed E-state index contributed by atoms with van der Waals surface area (Å²) >= 11 is 6.04. The highest BCUT2D eigenvalue weighted by atomic mass is 35.5. The monoisotopic (exact) mass is 336 g/mol. The van der Waals surface area contributed by atoms with Gasteiger partial charge in [0.2, 0.25) is 0 Å². The Hall–Kier alpha value is -2.56. The summed E-state index contributed by atoms with van der Waals surface area (Å²) in [5, 5.41) is 18.5. The van der Waals surface area contributed by atoms with E-state index in [1.165, 1.54) is 11.6 Å². The van der Waals surface area contributed by atoms with E-state index in [0.29, 0.717) is 17.3 Å². The van der Waals surface area contributed by atoms with E-state index in [0.717, 1.165) is 32.4 Å². The number of hydrogen-bond acceptors (Lipinski definition) is 4. The van der Waals surface area contributed by atoms with Crippen LogP contribution >= 0.6 is 11.6 Å². The number of anilines is 1. The second-order valence-corrected chi connectivity index (χ2v) is 6.40. The van der Waals surface area contributed by atoms with Gasteiger partial charge in [0, 0.05) is 13.1 Å². The SMILES string of the molecule is N#Cc1cc(C#N)c(N2CCC(Cc3ccccc3)CC2)nc1Cl. The van der Waals surface area contributed by atoms with Gasteiger partial charge in [-0.25, -0.2) is 4.98 Å². The Bertz CT molecular complexity index is 797. The second kappa shape index (κ2) is 7.34. The molecule has 0 radical (unpaired) electrons. The molecule has 24 heavy (non-hydrogen) atoms. The van der Waals surface area contributed by atoms with Gasteiger partial charge in [-0.1, -0.05) is 41.9 Å². The molecule has 1 aromatic heterocycles. The van der Waals surface area contributed by atoms with E-state index in [2.05, 4.69) is 40.2 Å². The molecule has 5 heteroatoms. The topological polar surface area (TPSA) is 63.7 Å². The van der Waals surface area contributed by atoms with E-state index >= 15 is 0 Å². The Labute approximate surface area is 146 Å². The van der Waals surface area contributed by atoms with Gasteiger partial charge in [0.1, 0.15) is 23.1 Å². The van der Waals surface area contributed by atoms with E-state index < -0.39 is 0 Å². The van der Waals surface area contributed by atoms with Crippen LogP contribution < -0.4 is 4.90 Å². The Morgan fingerprint density at radius 3 is 2.38 bits per heavy atom. The van der Waals surface area contributed by atoms with Crippen molar-refractivity contribution in [2.75, 3.05) is 18.0 Å². The molecule has 4 nitrogen and oxygen atoms in total. The number of piperidine rings is 1. The normalized spacial score (nSPS) is 14.9. The highest BCUT2D eigenvalue weighted by Crippen LogP contribution is 2.29. The van der Waals surface area contributed by atoms with E-state index in [9.17, 15) is 5.26 Å². The molecule has 0 amide bonds. The maximum Gasteiger partial charge on any atom is 0.149 e. The number of nitriles is 2. The number of aromatic nitrogens is 1. The molecule has 1 aliphatic heterocycles. The number of benzene rings is 1. The fourth-order valence-corrected chi connectivity index (χ4v) is 3.36. The minimum atomic E-state index is 0.165. The highest BCUT2D eigenvalue weighted by Gasteiger charge is 2.23. The molecular weight excluding hydrogens is 320 g/mol. The molecule has 1 aliphatic rings. The maximum absolute atomic E-state index is 9.34. The summed E-state index contributed by atoms with van der Waals surface area (Å²) in [4.78, 5) is 6.40. The molecule has 0 aliphatic carbocycles. The first-order valence-electron chi connectivity index (χ1n) is 8.01. The van der Waals surface area contributed by atoms with Crippen molar-refractivity contribution in [2.24, 2.45) is 5.92 Å². The Morgan fingerprint density at radius 1 is 1.08 bits per heavy atom. The molecule has 2 aromatic rings. The molecule has 2 heterocycles. The van der Waals surface area contributed by atoms with Gasteiger partial charge >= 0.3 is 0 Å². The standard InChI is InChI=1S/C19H17ClN4/c20-18-16(12-21)11-17(13-22)19(23-18)24-8-6-15(7-9-24)10-14-4-2-1-3-5-14/h1-5,11,15H,6-10H2. The number of rotatable bonds is 3. The molecule has 0 saturated carbocycles. The van der Waals surface area contributed by atoms with Gasteiger partial charge in [0.05, 0.1) is 11.1 Å². The first-order valence-corrected chi connectivity index (χ1v) is 8.38. The lowest BCUT2D eigenvalue weighted by atomic mass is 9.90. The zero-order valence-electron chi connectivity index (χ0n) is 13.2. The van der Waals surface area contributed by atoms with Crippen LogP contribution in [-0.2, 0) is 6.42 Å². The number of nitrogens with zero attached hydrogens (tertiary/aromatic N) is 4. The van der Waals surface area contributed by atoms with Crippen LogP contribution in [0.4, 0.5) is 5.82 Å². The predicted molar refractivity (Wildman–Crippen MR) is 93.8 cm³/mol. The summed E-state index contributed by atoms with van der Waals surface area (Å²) in [6.07, 6.45) is 3.19. The van der Waals surface area contributed by atoms with Gasteiger partial charge in [0.15, 0.2) is 0 Å². The van der Waals surface area contributed by atoms with Gasteiger partial charge < -0.3 is 4.90 Å². The van der Waals surface area contributed by atoms with Crippen molar-refractivity contribution in [2.45, 2.75) is 19.3 Å².